The number of nitrogens with one attached hydrogen (secondary N) is 1. The minimum Gasteiger partial charge on any atom is -0.469 e. The van der Waals surface area contributed by atoms with Crippen LogP contribution in [0, 0.1) is 11.7 Å². The monoisotopic (exact) mass is 303 g/mol. The van der Waals surface area contributed by atoms with Crippen LogP contribution in [-0.2, 0) is 14.3 Å². The molecule has 1 aromatic carbocycles. The van der Waals surface area contributed by atoms with Crippen LogP contribution in [0.25, 0.3) is 11.3 Å². The van der Waals surface area contributed by atoms with E-state index in [0.717, 1.165) is 0 Å². The second kappa shape index (κ2) is 5.59. The van der Waals surface area contributed by atoms with Gasteiger partial charge in [0.1, 0.15) is 5.82 Å². The number of hydrogen-bond donors (Lipinski definition) is 1. The Hall–Kier alpha value is -2.70. The van der Waals surface area contributed by atoms with Crippen LogP contribution in [-0.4, -0.2) is 35.7 Å². The molecule has 1 aliphatic rings. The summed E-state index contributed by atoms with van der Waals surface area (Å²) in [6.07, 6.45) is 0.106. The molecule has 1 fully saturated rings. The maximum atomic E-state index is 13.3. The number of H-pyrrole nitrogens is 1. The highest BCUT2D eigenvalue weighted by molar-refractivity contribution is 5.99. The van der Waals surface area contributed by atoms with E-state index in [0.29, 0.717) is 17.1 Å². The van der Waals surface area contributed by atoms with Crippen molar-refractivity contribution in [3.05, 3.63) is 36.1 Å². The third-order valence-electron chi connectivity index (χ3n) is 3.64. The molecule has 1 amide bonds. The summed E-state index contributed by atoms with van der Waals surface area (Å²) in [5, 5.41) is 6.86. The largest absolute Gasteiger partial charge is 0.469 e. The number of rotatable bonds is 3. The molecule has 22 heavy (non-hydrogen) atoms. The first-order valence-corrected chi connectivity index (χ1v) is 6.78. The second-order valence-electron chi connectivity index (χ2n) is 5.08. The van der Waals surface area contributed by atoms with E-state index >= 15 is 0 Å². The molecule has 1 aromatic heterocycles. The first kappa shape index (κ1) is 14.2. The summed E-state index contributed by atoms with van der Waals surface area (Å²) in [4.78, 5) is 25.0. The lowest BCUT2D eigenvalue weighted by Gasteiger charge is -2.12. The molecule has 7 heteroatoms. The van der Waals surface area contributed by atoms with Crippen LogP contribution in [0.4, 0.5) is 10.2 Å². The molecule has 0 radical (unpaired) electrons. The third kappa shape index (κ3) is 2.57. The minimum absolute atomic E-state index is 0.106. The molecule has 6 nitrogen and oxygen atoms in total. The molecule has 1 unspecified atom stereocenters. The van der Waals surface area contributed by atoms with E-state index in [9.17, 15) is 14.0 Å². The molecule has 0 bridgehead atoms. The Labute approximate surface area is 125 Å². The van der Waals surface area contributed by atoms with Crippen LogP contribution in [0.5, 0.6) is 0 Å². The van der Waals surface area contributed by atoms with Gasteiger partial charge in [-0.3, -0.25) is 19.6 Å². The van der Waals surface area contributed by atoms with Gasteiger partial charge >= 0.3 is 5.97 Å². The van der Waals surface area contributed by atoms with Gasteiger partial charge in [-0.2, -0.15) is 5.10 Å². The number of carbonyl (C=O) groups excluding carboxylic acids is 2. The van der Waals surface area contributed by atoms with Crippen molar-refractivity contribution in [3.63, 3.8) is 0 Å². The SMILES string of the molecule is COC(=O)C1CC(=O)N(c2cc(-c3cccc(F)c3)[nH]n2)C1. The van der Waals surface area contributed by atoms with Gasteiger partial charge in [0.15, 0.2) is 5.82 Å². The Kier molecular flexibility index (Phi) is 3.62. The van der Waals surface area contributed by atoms with Crippen molar-refractivity contribution in [2.75, 3.05) is 18.6 Å². The molecule has 2 aromatic rings. The van der Waals surface area contributed by atoms with Crippen molar-refractivity contribution in [1.29, 1.82) is 0 Å². The summed E-state index contributed by atoms with van der Waals surface area (Å²) in [5.41, 5.74) is 1.23. The van der Waals surface area contributed by atoms with Crippen molar-refractivity contribution < 1.29 is 18.7 Å². The summed E-state index contributed by atoms with van der Waals surface area (Å²) in [6, 6.07) is 7.72. The molecule has 0 aliphatic carbocycles. The number of anilines is 1. The zero-order valence-electron chi connectivity index (χ0n) is 11.9. The number of aromatic nitrogens is 2. The Morgan fingerprint density at radius 1 is 1.45 bits per heavy atom. The van der Waals surface area contributed by atoms with Gasteiger partial charge in [0.25, 0.3) is 0 Å². The Bertz CT molecular complexity index is 728. The number of amides is 1. The molecule has 2 heterocycles. The van der Waals surface area contributed by atoms with Crippen molar-refractivity contribution in [1.82, 2.24) is 10.2 Å². The number of aromatic amines is 1. The van der Waals surface area contributed by atoms with E-state index in [1.54, 1.807) is 18.2 Å². The van der Waals surface area contributed by atoms with Crippen LogP contribution in [0.15, 0.2) is 30.3 Å². The zero-order valence-corrected chi connectivity index (χ0v) is 11.9. The summed E-state index contributed by atoms with van der Waals surface area (Å²) in [7, 11) is 1.30. The van der Waals surface area contributed by atoms with Crippen molar-refractivity contribution in [3.8, 4) is 11.3 Å². The number of esters is 1. The fraction of sp³-hybridized carbons (Fsp3) is 0.267. The highest BCUT2D eigenvalue weighted by Gasteiger charge is 2.36. The van der Waals surface area contributed by atoms with E-state index in [1.807, 2.05) is 0 Å². The molecule has 114 valence electrons. The Morgan fingerprint density at radius 2 is 2.27 bits per heavy atom. The summed E-state index contributed by atoms with van der Waals surface area (Å²) in [6.45, 7) is 0.235. The molecule has 1 aliphatic heterocycles. The molecular formula is C15H14FN3O3. The van der Waals surface area contributed by atoms with Crippen LogP contribution in [0.2, 0.25) is 0 Å². The van der Waals surface area contributed by atoms with Gasteiger partial charge in [-0.15, -0.1) is 0 Å². The fourth-order valence-electron chi connectivity index (χ4n) is 2.51. The zero-order chi connectivity index (χ0) is 15.7. The van der Waals surface area contributed by atoms with Gasteiger partial charge in [-0.05, 0) is 12.1 Å². The number of halogens is 1. The van der Waals surface area contributed by atoms with E-state index in [2.05, 4.69) is 14.9 Å². The lowest BCUT2D eigenvalue weighted by molar-refractivity contribution is -0.145. The highest BCUT2D eigenvalue weighted by atomic mass is 19.1. The van der Waals surface area contributed by atoms with Crippen LogP contribution >= 0.6 is 0 Å². The summed E-state index contributed by atoms with van der Waals surface area (Å²) >= 11 is 0. The van der Waals surface area contributed by atoms with Gasteiger partial charge in [0.05, 0.1) is 18.7 Å². The van der Waals surface area contributed by atoms with Gasteiger partial charge in [0.2, 0.25) is 5.91 Å². The number of benzene rings is 1. The standard InChI is InChI=1S/C15H14FN3O3/c1-22-15(21)10-6-14(20)19(8-10)13-7-12(17-18-13)9-3-2-4-11(16)5-9/h2-5,7,10H,6,8H2,1H3,(H,17,18). The quantitative estimate of drug-likeness (QED) is 0.876. The molecule has 0 saturated carbocycles. The van der Waals surface area contributed by atoms with Gasteiger partial charge < -0.3 is 4.74 Å². The molecular weight excluding hydrogens is 289 g/mol. The molecule has 0 spiro atoms. The summed E-state index contributed by atoms with van der Waals surface area (Å²) in [5.74, 6) is -1.01. The highest BCUT2D eigenvalue weighted by Crippen LogP contribution is 2.27. The number of methoxy groups -OCH3 is 1. The minimum atomic E-state index is -0.480. The predicted octanol–water partition coefficient (Wildman–Crippen LogP) is 1.74. The number of hydrogen-bond acceptors (Lipinski definition) is 4. The number of nitrogens with zero attached hydrogens (tertiary/aromatic N) is 2. The van der Waals surface area contributed by atoms with Crippen molar-refractivity contribution in [2.24, 2.45) is 5.92 Å². The van der Waals surface area contributed by atoms with Gasteiger partial charge in [0, 0.05) is 24.6 Å². The normalized spacial score (nSPS) is 17.8. The van der Waals surface area contributed by atoms with Gasteiger partial charge in [-0.1, -0.05) is 12.1 Å². The van der Waals surface area contributed by atoms with E-state index in [4.69, 9.17) is 0 Å². The average Bonchev–Trinajstić information content (AvgIpc) is 3.13. The molecule has 1 atom stereocenters. The van der Waals surface area contributed by atoms with E-state index in [-0.39, 0.29) is 24.7 Å². The Balaban J connectivity index is 1.82. The topological polar surface area (TPSA) is 75.3 Å². The van der Waals surface area contributed by atoms with E-state index in [1.165, 1.54) is 24.1 Å². The van der Waals surface area contributed by atoms with Gasteiger partial charge in [-0.25, -0.2) is 4.39 Å². The smallest absolute Gasteiger partial charge is 0.311 e. The molecule has 1 saturated heterocycles. The Morgan fingerprint density at radius 3 is 3.00 bits per heavy atom. The van der Waals surface area contributed by atoms with Crippen molar-refractivity contribution in [2.45, 2.75) is 6.42 Å². The third-order valence-corrected chi connectivity index (χ3v) is 3.64. The summed E-state index contributed by atoms with van der Waals surface area (Å²) < 4.78 is 17.9. The molecule has 1 N–H and O–H groups in total. The van der Waals surface area contributed by atoms with E-state index < -0.39 is 11.9 Å². The van der Waals surface area contributed by atoms with Crippen LogP contribution < -0.4 is 4.90 Å². The van der Waals surface area contributed by atoms with Crippen LogP contribution in [0.3, 0.4) is 0 Å². The first-order valence-electron chi connectivity index (χ1n) is 6.78. The molecule has 3 rings (SSSR count). The average molecular weight is 303 g/mol. The first-order chi connectivity index (χ1) is 10.6. The number of carbonyl (C=O) groups is 2. The maximum Gasteiger partial charge on any atom is 0.311 e. The lowest BCUT2D eigenvalue weighted by Crippen LogP contribution is -2.26. The fourth-order valence-corrected chi connectivity index (χ4v) is 2.51. The van der Waals surface area contributed by atoms with Crippen molar-refractivity contribution >= 4 is 17.7 Å². The van der Waals surface area contributed by atoms with Crippen LogP contribution in [0.1, 0.15) is 6.42 Å². The second-order valence-corrected chi connectivity index (χ2v) is 5.08. The maximum absolute atomic E-state index is 13.3. The lowest BCUT2D eigenvalue weighted by atomic mass is 10.1. The predicted molar refractivity (Wildman–Crippen MR) is 76.5 cm³/mol. The number of ether oxygens (including phenoxy) is 1.